The molecule has 1 aliphatic heterocycles. The number of carbonyl (C=O) groups excluding carboxylic acids is 2. The van der Waals surface area contributed by atoms with Gasteiger partial charge in [0.1, 0.15) is 24.0 Å². The fourth-order valence-electron chi connectivity index (χ4n) is 3.07. The first kappa shape index (κ1) is 18.7. The summed E-state index contributed by atoms with van der Waals surface area (Å²) in [6.45, 7) is 0.518. The molecule has 27 heavy (non-hydrogen) atoms. The highest BCUT2D eigenvalue weighted by Gasteiger charge is 2.29. The molecule has 0 aromatic heterocycles. The highest BCUT2D eigenvalue weighted by molar-refractivity contribution is 6.08. The molecular formula is C20H21FN2O4. The average Bonchev–Trinajstić information content (AvgIpc) is 3.10. The summed E-state index contributed by atoms with van der Waals surface area (Å²) in [6.07, 6.45) is 1.16. The van der Waals surface area contributed by atoms with E-state index in [4.69, 9.17) is 9.47 Å². The lowest BCUT2D eigenvalue weighted by molar-refractivity contribution is -0.127. The zero-order chi connectivity index (χ0) is 19.4. The normalized spacial score (nSPS) is 13.6. The van der Waals surface area contributed by atoms with Crippen molar-refractivity contribution in [3.05, 3.63) is 53.8 Å². The van der Waals surface area contributed by atoms with Crippen LogP contribution in [0.3, 0.4) is 0 Å². The molecule has 0 aliphatic carbocycles. The molecule has 2 aromatic rings. The smallest absolute Gasteiger partial charge is 0.263 e. The monoisotopic (exact) mass is 372 g/mol. The molecule has 142 valence electrons. The van der Waals surface area contributed by atoms with Gasteiger partial charge in [-0.1, -0.05) is 12.1 Å². The summed E-state index contributed by atoms with van der Waals surface area (Å²) in [5.41, 5.74) is 0.369. The number of para-hydroxylation sites is 1. The Morgan fingerprint density at radius 3 is 2.59 bits per heavy atom. The van der Waals surface area contributed by atoms with Crippen LogP contribution in [0.25, 0.3) is 0 Å². The standard InChI is InChI=1S/C20H21FN2O4/c1-26-14-9-10-15(18(12-14)27-2)20(25)23(13-22-11-5-8-19(22)24)17-7-4-3-6-16(17)21/h3-4,6-7,9-10,12H,5,8,11,13H2,1-2H3. The van der Waals surface area contributed by atoms with E-state index in [2.05, 4.69) is 0 Å². The second kappa shape index (κ2) is 8.07. The van der Waals surface area contributed by atoms with Crippen molar-refractivity contribution >= 4 is 17.5 Å². The van der Waals surface area contributed by atoms with Crippen molar-refractivity contribution in [2.45, 2.75) is 12.8 Å². The van der Waals surface area contributed by atoms with Gasteiger partial charge in [0.15, 0.2) is 0 Å². The molecular weight excluding hydrogens is 351 g/mol. The molecule has 1 heterocycles. The van der Waals surface area contributed by atoms with Crippen LogP contribution in [-0.4, -0.2) is 44.1 Å². The van der Waals surface area contributed by atoms with E-state index in [1.807, 2.05) is 0 Å². The van der Waals surface area contributed by atoms with Crippen LogP contribution >= 0.6 is 0 Å². The van der Waals surface area contributed by atoms with Gasteiger partial charge in [-0.15, -0.1) is 0 Å². The first-order chi connectivity index (χ1) is 13.0. The molecule has 0 N–H and O–H groups in total. The van der Waals surface area contributed by atoms with Gasteiger partial charge in [0.2, 0.25) is 5.91 Å². The summed E-state index contributed by atoms with van der Waals surface area (Å²) < 4.78 is 24.9. The number of anilines is 1. The summed E-state index contributed by atoms with van der Waals surface area (Å²) in [6, 6.07) is 10.8. The lowest BCUT2D eigenvalue weighted by Gasteiger charge is -2.29. The summed E-state index contributed by atoms with van der Waals surface area (Å²) in [5, 5.41) is 0. The highest BCUT2D eigenvalue weighted by atomic mass is 19.1. The van der Waals surface area contributed by atoms with E-state index < -0.39 is 11.7 Å². The van der Waals surface area contributed by atoms with Crippen LogP contribution in [0.5, 0.6) is 11.5 Å². The SMILES string of the molecule is COc1ccc(C(=O)N(CN2CCCC2=O)c2ccccc2F)c(OC)c1. The van der Waals surface area contributed by atoms with Crippen LogP contribution in [0.4, 0.5) is 10.1 Å². The molecule has 0 bridgehead atoms. The van der Waals surface area contributed by atoms with Gasteiger partial charge in [-0.05, 0) is 30.7 Å². The lowest BCUT2D eigenvalue weighted by Crippen LogP contribution is -2.42. The molecule has 0 spiro atoms. The average molecular weight is 372 g/mol. The Balaban J connectivity index is 2.00. The largest absolute Gasteiger partial charge is 0.497 e. The van der Waals surface area contributed by atoms with E-state index in [0.717, 1.165) is 6.42 Å². The first-order valence-corrected chi connectivity index (χ1v) is 8.61. The Morgan fingerprint density at radius 2 is 1.96 bits per heavy atom. The lowest BCUT2D eigenvalue weighted by atomic mass is 10.1. The highest BCUT2D eigenvalue weighted by Crippen LogP contribution is 2.29. The quantitative estimate of drug-likeness (QED) is 0.782. The fourth-order valence-corrected chi connectivity index (χ4v) is 3.07. The predicted molar refractivity (Wildman–Crippen MR) is 98.6 cm³/mol. The second-order valence-electron chi connectivity index (χ2n) is 6.15. The summed E-state index contributed by atoms with van der Waals surface area (Å²) in [7, 11) is 2.96. The van der Waals surface area contributed by atoms with Gasteiger partial charge in [-0.3, -0.25) is 14.5 Å². The Morgan fingerprint density at radius 1 is 1.19 bits per heavy atom. The first-order valence-electron chi connectivity index (χ1n) is 8.61. The van der Waals surface area contributed by atoms with Crippen molar-refractivity contribution in [2.75, 3.05) is 32.3 Å². The van der Waals surface area contributed by atoms with E-state index in [-0.39, 0.29) is 23.8 Å². The summed E-state index contributed by atoms with van der Waals surface area (Å²) in [4.78, 5) is 28.1. The third-order valence-corrected chi connectivity index (χ3v) is 4.51. The van der Waals surface area contributed by atoms with Crippen LogP contribution in [0, 0.1) is 5.82 Å². The van der Waals surface area contributed by atoms with E-state index in [0.29, 0.717) is 24.5 Å². The van der Waals surface area contributed by atoms with Crippen molar-refractivity contribution in [3.8, 4) is 11.5 Å². The van der Waals surface area contributed by atoms with E-state index in [1.165, 1.54) is 31.3 Å². The van der Waals surface area contributed by atoms with Gasteiger partial charge < -0.3 is 14.4 Å². The zero-order valence-corrected chi connectivity index (χ0v) is 15.3. The molecule has 1 aliphatic rings. The minimum atomic E-state index is -0.537. The van der Waals surface area contributed by atoms with Crippen molar-refractivity contribution < 1.29 is 23.5 Å². The van der Waals surface area contributed by atoms with Gasteiger partial charge in [0.05, 0.1) is 25.5 Å². The van der Waals surface area contributed by atoms with E-state index in [9.17, 15) is 14.0 Å². The number of methoxy groups -OCH3 is 2. The molecule has 0 saturated carbocycles. The number of likely N-dealkylation sites (tertiary alicyclic amines) is 1. The van der Waals surface area contributed by atoms with Crippen LogP contribution in [0.15, 0.2) is 42.5 Å². The predicted octanol–water partition coefficient (Wildman–Crippen LogP) is 3.07. The van der Waals surface area contributed by atoms with Crippen LogP contribution in [0.1, 0.15) is 23.2 Å². The molecule has 1 saturated heterocycles. The zero-order valence-electron chi connectivity index (χ0n) is 15.3. The van der Waals surface area contributed by atoms with Gasteiger partial charge in [-0.25, -0.2) is 4.39 Å². The summed E-state index contributed by atoms with van der Waals surface area (Å²) in [5.74, 6) is -0.195. The number of amides is 2. The Labute approximate surface area is 157 Å². The molecule has 2 aromatic carbocycles. The number of carbonyl (C=O) groups is 2. The van der Waals surface area contributed by atoms with Gasteiger partial charge in [0.25, 0.3) is 5.91 Å². The number of hydrogen-bond donors (Lipinski definition) is 0. The molecule has 1 fully saturated rings. The van der Waals surface area contributed by atoms with E-state index in [1.54, 1.807) is 35.2 Å². The molecule has 0 radical (unpaired) electrons. The maximum Gasteiger partial charge on any atom is 0.263 e. The van der Waals surface area contributed by atoms with Gasteiger partial charge >= 0.3 is 0 Å². The van der Waals surface area contributed by atoms with Crippen molar-refractivity contribution in [1.82, 2.24) is 4.90 Å². The maximum atomic E-state index is 14.4. The second-order valence-corrected chi connectivity index (χ2v) is 6.15. The number of halogens is 1. The number of nitrogens with zero attached hydrogens (tertiary/aromatic N) is 2. The summed E-state index contributed by atoms with van der Waals surface area (Å²) >= 11 is 0. The molecule has 7 heteroatoms. The molecule has 0 atom stereocenters. The van der Waals surface area contributed by atoms with Crippen LogP contribution in [-0.2, 0) is 4.79 Å². The fraction of sp³-hybridized carbons (Fsp3) is 0.300. The van der Waals surface area contributed by atoms with Gasteiger partial charge in [-0.2, -0.15) is 0 Å². The minimum Gasteiger partial charge on any atom is -0.497 e. The molecule has 3 rings (SSSR count). The maximum absolute atomic E-state index is 14.4. The minimum absolute atomic E-state index is 0.0201. The Hall–Kier alpha value is -3.09. The van der Waals surface area contributed by atoms with E-state index >= 15 is 0 Å². The third kappa shape index (κ3) is 3.86. The Bertz CT molecular complexity index is 856. The van der Waals surface area contributed by atoms with Gasteiger partial charge in [0, 0.05) is 19.0 Å². The number of benzene rings is 2. The molecule has 2 amide bonds. The third-order valence-electron chi connectivity index (χ3n) is 4.51. The number of ether oxygens (including phenoxy) is 2. The number of rotatable bonds is 6. The molecule has 6 nitrogen and oxygen atoms in total. The van der Waals surface area contributed by atoms with Crippen LogP contribution < -0.4 is 14.4 Å². The van der Waals surface area contributed by atoms with Crippen LogP contribution in [0.2, 0.25) is 0 Å². The topological polar surface area (TPSA) is 59.1 Å². The Kier molecular flexibility index (Phi) is 5.59. The van der Waals surface area contributed by atoms with Crippen molar-refractivity contribution in [2.24, 2.45) is 0 Å². The van der Waals surface area contributed by atoms with Crippen molar-refractivity contribution in [3.63, 3.8) is 0 Å². The van der Waals surface area contributed by atoms with Crippen molar-refractivity contribution in [1.29, 1.82) is 0 Å². The number of hydrogen-bond acceptors (Lipinski definition) is 4. The molecule has 0 unspecified atom stereocenters.